The van der Waals surface area contributed by atoms with Crippen LogP contribution in [0.25, 0.3) is 5.69 Å². The predicted molar refractivity (Wildman–Crippen MR) is 77.0 cm³/mol. The van der Waals surface area contributed by atoms with E-state index in [2.05, 4.69) is 10.3 Å². The Labute approximate surface area is 118 Å². The lowest BCUT2D eigenvalue weighted by Crippen LogP contribution is -2.25. The fourth-order valence-corrected chi connectivity index (χ4v) is 1.82. The Kier molecular flexibility index (Phi) is 5.32. The van der Waals surface area contributed by atoms with Crippen LogP contribution >= 0.6 is 0 Å². The molecule has 0 spiro atoms. The van der Waals surface area contributed by atoms with Gasteiger partial charge in [-0.3, -0.25) is 4.79 Å². The number of amides is 1. The second-order valence-electron chi connectivity index (χ2n) is 4.32. The standard InChI is InChI=1S/C15H19N3O2/c1-2-20-11-3-8-17-15(19)13-4-6-14(7-5-13)18-10-9-16-12-18/h4-7,9-10,12H,2-3,8,11H2,1H3,(H,17,19). The van der Waals surface area contributed by atoms with E-state index in [1.807, 2.05) is 42.0 Å². The molecule has 2 rings (SSSR count). The van der Waals surface area contributed by atoms with E-state index < -0.39 is 0 Å². The SMILES string of the molecule is CCOCCCNC(=O)c1ccc(-n2ccnc2)cc1. The first-order valence-electron chi connectivity index (χ1n) is 6.75. The Bertz CT molecular complexity index is 521. The van der Waals surface area contributed by atoms with Crippen molar-refractivity contribution in [3.8, 4) is 5.69 Å². The van der Waals surface area contributed by atoms with Crippen molar-refractivity contribution in [2.75, 3.05) is 19.8 Å². The van der Waals surface area contributed by atoms with Crippen molar-refractivity contribution >= 4 is 5.91 Å². The van der Waals surface area contributed by atoms with Crippen LogP contribution in [0.4, 0.5) is 0 Å². The van der Waals surface area contributed by atoms with Gasteiger partial charge in [-0.05, 0) is 37.6 Å². The number of rotatable bonds is 7. The van der Waals surface area contributed by atoms with E-state index in [9.17, 15) is 4.79 Å². The minimum Gasteiger partial charge on any atom is -0.382 e. The summed E-state index contributed by atoms with van der Waals surface area (Å²) in [5, 5.41) is 2.87. The number of imidazole rings is 1. The molecule has 2 aromatic rings. The van der Waals surface area contributed by atoms with Crippen molar-refractivity contribution < 1.29 is 9.53 Å². The van der Waals surface area contributed by atoms with Crippen LogP contribution in [-0.2, 0) is 4.74 Å². The molecule has 0 bridgehead atoms. The number of hydrogen-bond acceptors (Lipinski definition) is 3. The van der Waals surface area contributed by atoms with Gasteiger partial charge in [0.05, 0.1) is 6.33 Å². The minimum absolute atomic E-state index is 0.0568. The van der Waals surface area contributed by atoms with Crippen LogP contribution in [0.2, 0.25) is 0 Å². The van der Waals surface area contributed by atoms with E-state index in [4.69, 9.17) is 4.74 Å². The van der Waals surface area contributed by atoms with Crippen LogP contribution in [0.15, 0.2) is 43.0 Å². The Balaban J connectivity index is 1.85. The first-order chi connectivity index (χ1) is 9.81. The quantitative estimate of drug-likeness (QED) is 0.785. The molecule has 106 valence electrons. The lowest BCUT2D eigenvalue weighted by Gasteiger charge is -2.07. The van der Waals surface area contributed by atoms with Gasteiger partial charge in [-0.1, -0.05) is 0 Å². The first kappa shape index (κ1) is 14.3. The van der Waals surface area contributed by atoms with Crippen molar-refractivity contribution in [2.24, 2.45) is 0 Å². The molecule has 0 saturated carbocycles. The fourth-order valence-electron chi connectivity index (χ4n) is 1.82. The van der Waals surface area contributed by atoms with Crippen LogP contribution in [-0.4, -0.2) is 35.2 Å². The second kappa shape index (κ2) is 7.45. The van der Waals surface area contributed by atoms with Gasteiger partial charge in [0.25, 0.3) is 5.91 Å². The lowest BCUT2D eigenvalue weighted by molar-refractivity contribution is 0.0944. The molecule has 1 heterocycles. The van der Waals surface area contributed by atoms with Gasteiger partial charge in [0.15, 0.2) is 0 Å². The molecule has 1 amide bonds. The van der Waals surface area contributed by atoms with Crippen molar-refractivity contribution in [3.63, 3.8) is 0 Å². The number of hydrogen-bond donors (Lipinski definition) is 1. The van der Waals surface area contributed by atoms with Crippen molar-refractivity contribution in [2.45, 2.75) is 13.3 Å². The number of nitrogens with one attached hydrogen (secondary N) is 1. The molecule has 5 heteroatoms. The minimum atomic E-state index is -0.0568. The van der Waals surface area contributed by atoms with Crippen LogP contribution in [0.3, 0.4) is 0 Å². The zero-order valence-electron chi connectivity index (χ0n) is 11.6. The number of benzene rings is 1. The number of aromatic nitrogens is 2. The molecule has 5 nitrogen and oxygen atoms in total. The molecule has 0 aliphatic heterocycles. The summed E-state index contributed by atoms with van der Waals surface area (Å²) >= 11 is 0. The summed E-state index contributed by atoms with van der Waals surface area (Å²) in [4.78, 5) is 15.9. The molecule has 1 aromatic carbocycles. The normalized spacial score (nSPS) is 10.4. The lowest BCUT2D eigenvalue weighted by atomic mass is 10.2. The third-order valence-electron chi connectivity index (χ3n) is 2.89. The number of carbonyl (C=O) groups excluding carboxylic acids is 1. The van der Waals surface area contributed by atoms with Gasteiger partial charge >= 0.3 is 0 Å². The molecule has 0 aliphatic carbocycles. The third-order valence-corrected chi connectivity index (χ3v) is 2.89. The maximum absolute atomic E-state index is 11.9. The van der Waals surface area contributed by atoms with Gasteiger partial charge in [0.2, 0.25) is 0 Å². The summed E-state index contributed by atoms with van der Waals surface area (Å²) in [5.41, 5.74) is 1.64. The van der Waals surface area contributed by atoms with Gasteiger partial charge in [-0.2, -0.15) is 0 Å². The van der Waals surface area contributed by atoms with Gasteiger partial charge < -0.3 is 14.6 Å². The van der Waals surface area contributed by atoms with Crippen molar-refractivity contribution in [1.82, 2.24) is 14.9 Å². The highest BCUT2D eigenvalue weighted by Crippen LogP contribution is 2.09. The molecule has 0 saturated heterocycles. The van der Waals surface area contributed by atoms with E-state index >= 15 is 0 Å². The van der Waals surface area contributed by atoms with Crippen molar-refractivity contribution in [1.29, 1.82) is 0 Å². The Morgan fingerprint density at radius 2 is 2.15 bits per heavy atom. The number of nitrogens with zero attached hydrogens (tertiary/aromatic N) is 2. The molecule has 1 N–H and O–H groups in total. The van der Waals surface area contributed by atoms with Crippen LogP contribution in [0.5, 0.6) is 0 Å². The second-order valence-corrected chi connectivity index (χ2v) is 4.32. The fraction of sp³-hybridized carbons (Fsp3) is 0.333. The molecule has 0 radical (unpaired) electrons. The first-order valence-corrected chi connectivity index (χ1v) is 6.75. The van der Waals surface area contributed by atoms with Crippen LogP contribution in [0, 0.1) is 0 Å². The van der Waals surface area contributed by atoms with E-state index in [1.54, 1.807) is 12.5 Å². The molecular formula is C15H19N3O2. The summed E-state index contributed by atoms with van der Waals surface area (Å²) in [7, 11) is 0. The number of carbonyl (C=O) groups is 1. The predicted octanol–water partition coefficient (Wildman–Crippen LogP) is 2.03. The maximum atomic E-state index is 11.9. The molecule has 0 unspecified atom stereocenters. The summed E-state index contributed by atoms with van der Waals surface area (Å²) in [6.07, 6.45) is 6.14. The monoisotopic (exact) mass is 273 g/mol. The van der Waals surface area contributed by atoms with Crippen LogP contribution in [0.1, 0.15) is 23.7 Å². The zero-order chi connectivity index (χ0) is 14.2. The van der Waals surface area contributed by atoms with E-state index in [0.29, 0.717) is 25.3 Å². The highest BCUT2D eigenvalue weighted by atomic mass is 16.5. The summed E-state index contributed by atoms with van der Waals surface area (Å²) in [5.74, 6) is -0.0568. The molecule has 20 heavy (non-hydrogen) atoms. The summed E-state index contributed by atoms with van der Waals surface area (Å²) in [6.45, 7) is 3.97. The molecule has 0 aliphatic rings. The number of ether oxygens (including phenoxy) is 1. The molecule has 1 aromatic heterocycles. The highest BCUT2D eigenvalue weighted by molar-refractivity contribution is 5.94. The van der Waals surface area contributed by atoms with Gasteiger partial charge in [0.1, 0.15) is 0 Å². The Morgan fingerprint density at radius 3 is 2.80 bits per heavy atom. The van der Waals surface area contributed by atoms with Crippen LogP contribution < -0.4 is 5.32 Å². The Morgan fingerprint density at radius 1 is 1.35 bits per heavy atom. The topological polar surface area (TPSA) is 56.1 Å². The van der Waals surface area contributed by atoms with Gasteiger partial charge in [-0.25, -0.2) is 4.98 Å². The average molecular weight is 273 g/mol. The maximum Gasteiger partial charge on any atom is 0.251 e. The summed E-state index contributed by atoms with van der Waals surface area (Å²) < 4.78 is 7.11. The smallest absolute Gasteiger partial charge is 0.251 e. The molecule has 0 atom stereocenters. The van der Waals surface area contributed by atoms with Crippen molar-refractivity contribution in [3.05, 3.63) is 48.5 Å². The largest absolute Gasteiger partial charge is 0.382 e. The van der Waals surface area contributed by atoms with Gasteiger partial charge in [-0.15, -0.1) is 0 Å². The van der Waals surface area contributed by atoms with Gasteiger partial charge in [0, 0.05) is 43.4 Å². The zero-order valence-corrected chi connectivity index (χ0v) is 11.6. The van der Waals surface area contributed by atoms with E-state index in [1.165, 1.54) is 0 Å². The molecule has 0 fully saturated rings. The van der Waals surface area contributed by atoms with E-state index in [-0.39, 0.29) is 5.91 Å². The third kappa shape index (κ3) is 3.93. The summed E-state index contributed by atoms with van der Waals surface area (Å²) in [6, 6.07) is 7.42. The average Bonchev–Trinajstić information content (AvgIpc) is 3.01. The molecular weight excluding hydrogens is 254 g/mol. The Hall–Kier alpha value is -2.14. The highest BCUT2D eigenvalue weighted by Gasteiger charge is 2.04. The van der Waals surface area contributed by atoms with E-state index in [0.717, 1.165) is 12.1 Å².